The van der Waals surface area contributed by atoms with Crippen molar-refractivity contribution in [2.24, 2.45) is 0 Å². The number of nitrogens with one attached hydrogen (secondary N) is 2. The number of fused-ring (bicyclic) bond motifs is 1. The van der Waals surface area contributed by atoms with E-state index in [1.807, 2.05) is 0 Å². The standard InChI is InChI=1S/C11H18N4O2/c1-7(16)5-15(2)11(17)9-3-8-10(4-12-9)14-6-13-8/h6-7,9,12,16H,3-5H2,1-2H3,(H,13,14). The number of carbonyl (C=O) groups excluding carboxylic acids is 1. The van der Waals surface area contributed by atoms with Crippen LogP contribution in [0.2, 0.25) is 0 Å². The Kier molecular flexibility index (Phi) is 3.44. The monoisotopic (exact) mass is 238 g/mol. The molecule has 0 bridgehead atoms. The average Bonchev–Trinajstić information content (AvgIpc) is 2.73. The molecule has 3 N–H and O–H groups in total. The van der Waals surface area contributed by atoms with Crippen molar-refractivity contribution in [1.82, 2.24) is 20.2 Å². The molecule has 6 nitrogen and oxygen atoms in total. The van der Waals surface area contributed by atoms with Crippen molar-refractivity contribution in [3.05, 3.63) is 17.7 Å². The molecule has 1 amide bonds. The molecular weight excluding hydrogens is 220 g/mol. The molecule has 2 atom stereocenters. The number of carbonyl (C=O) groups is 1. The molecule has 1 aliphatic rings. The van der Waals surface area contributed by atoms with Crippen LogP contribution < -0.4 is 5.32 Å². The minimum atomic E-state index is -0.506. The van der Waals surface area contributed by atoms with Gasteiger partial charge in [0.2, 0.25) is 5.91 Å². The number of aliphatic hydroxyl groups is 1. The Balaban J connectivity index is 1.98. The Hall–Kier alpha value is -1.40. The van der Waals surface area contributed by atoms with Gasteiger partial charge in [-0.05, 0) is 6.92 Å². The van der Waals surface area contributed by atoms with Crippen molar-refractivity contribution < 1.29 is 9.90 Å². The first-order valence-electron chi connectivity index (χ1n) is 5.75. The van der Waals surface area contributed by atoms with Crippen LogP contribution in [0.4, 0.5) is 0 Å². The fourth-order valence-electron chi connectivity index (χ4n) is 2.10. The van der Waals surface area contributed by atoms with Gasteiger partial charge in [0.05, 0.1) is 29.9 Å². The number of rotatable bonds is 3. The van der Waals surface area contributed by atoms with E-state index >= 15 is 0 Å². The summed E-state index contributed by atoms with van der Waals surface area (Å²) >= 11 is 0. The van der Waals surface area contributed by atoms with Crippen LogP contribution in [0.15, 0.2) is 6.33 Å². The Labute approximate surface area is 100 Å². The molecule has 1 aromatic heterocycles. The lowest BCUT2D eigenvalue weighted by molar-refractivity contribution is -0.133. The maximum absolute atomic E-state index is 12.1. The largest absolute Gasteiger partial charge is 0.392 e. The number of imidazole rings is 1. The van der Waals surface area contributed by atoms with E-state index in [0.717, 1.165) is 11.4 Å². The van der Waals surface area contributed by atoms with Crippen molar-refractivity contribution in [2.45, 2.75) is 32.0 Å². The average molecular weight is 238 g/mol. The number of aliphatic hydroxyl groups excluding tert-OH is 1. The summed E-state index contributed by atoms with van der Waals surface area (Å²) in [5.74, 6) is -0.000417. The summed E-state index contributed by atoms with van der Waals surface area (Å²) in [6.45, 7) is 2.66. The fraction of sp³-hybridized carbons (Fsp3) is 0.636. The zero-order chi connectivity index (χ0) is 12.4. The molecule has 1 aliphatic heterocycles. The number of amides is 1. The Morgan fingerprint density at radius 2 is 2.53 bits per heavy atom. The lowest BCUT2D eigenvalue weighted by atomic mass is 10.0. The summed E-state index contributed by atoms with van der Waals surface area (Å²) in [6.07, 6.45) is 1.74. The number of hydrogen-bond acceptors (Lipinski definition) is 4. The van der Waals surface area contributed by atoms with E-state index in [2.05, 4.69) is 15.3 Å². The maximum atomic E-state index is 12.1. The summed E-state index contributed by atoms with van der Waals surface area (Å²) in [5.41, 5.74) is 2.00. The molecule has 0 aliphatic carbocycles. The maximum Gasteiger partial charge on any atom is 0.239 e. The van der Waals surface area contributed by atoms with E-state index in [-0.39, 0.29) is 11.9 Å². The summed E-state index contributed by atoms with van der Waals surface area (Å²) in [5, 5.41) is 12.4. The molecule has 0 fully saturated rings. The quantitative estimate of drug-likeness (QED) is 0.648. The molecule has 2 unspecified atom stereocenters. The van der Waals surface area contributed by atoms with Gasteiger partial charge in [-0.1, -0.05) is 0 Å². The summed E-state index contributed by atoms with van der Waals surface area (Å²) in [6, 6.07) is -0.241. The van der Waals surface area contributed by atoms with E-state index in [4.69, 9.17) is 0 Å². The second-order valence-corrected chi connectivity index (χ2v) is 4.53. The highest BCUT2D eigenvalue weighted by Crippen LogP contribution is 2.13. The van der Waals surface area contributed by atoms with Crippen molar-refractivity contribution in [1.29, 1.82) is 0 Å². The molecule has 0 saturated carbocycles. The van der Waals surface area contributed by atoms with Crippen molar-refractivity contribution in [2.75, 3.05) is 13.6 Å². The van der Waals surface area contributed by atoms with Gasteiger partial charge in [0.15, 0.2) is 0 Å². The van der Waals surface area contributed by atoms with Crippen LogP contribution in [0.3, 0.4) is 0 Å². The fourth-order valence-corrected chi connectivity index (χ4v) is 2.10. The predicted octanol–water partition coefficient (Wildman–Crippen LogP) is -0.737. The van der Waals surface area contributed by atoms with E-state index < -0.39 is 6.10 Å². The number of hydrogen-bond donors (Lipinski definition) is 3. The first-order valence-corrected chi connectivity index (χ1v) is 5.75. The summed E-state index contributed by atoms with van der Waals surface area (Å²) in [4.78, 5) is 20.9. The van der Waals surface area contributed by atoms with Gasteiger partial charge in [-0.2, -0.15) is 0 Å². The molecule has 94 valence electrons. The molecule has 0 spiro atoms. The smallest absolute Gasteiger partial charge is 0.239 e. The van der Waals surface area contributed by atoms with E-state index in [0.29, 0.717) is 19.5 Å². The first-order chi connectivity index (χ1) is 8.08. The topological polar surface area (TPSA) is 81.2 Å². The summed E-state index contributed by atoms with van der Waals surface area (Å²) in [7, 11) is 1.71. The third-order valence-corrected chi connectivity index (χ3v) is 2.94. The van der Waals surface area contributed by atoms with Crippen LogP contribution in [0.25, 0.3) is 0 Å². The highest BCUT2D eigenvalue weighted by atomic mass is 16.3. The second kappa shape index (κ2) is 4.85. The van der Waals surface area contributed by atoms with Crippen LogP contribution >= 0.6 is 0 Å². The molecule has 6 heteroatoms. The van der Waals surface area contributed by atoms with Crippen molar-refractivity contribution >= 4 is 5.91 Å². The molecule has 0 radical (unpaired) electrons. The van der Waals surface area contributed by atoms with E-state index in [1.165, 1.54) is 0 Å². The number of nitrogens with zero attached hydrogens (tertiary/aromatic N) is 2. The minimum Gasteiger partial charge on any atom is -0.392 e. The number of likely N-dealkylation sites (N-methyl/N-ethyl adjacent to an activating group) is 1. The van der Waals surface area contributed by atoms with Gasteiger partial charge in [0.1, 0.15) is 0 Å². The van der Waals surface area contributed by atoms with Crippen LogP contribution in [0.1, 0.15) is 18.3 Å². The lowest BCUT2D eigenvalue weighted by Crippen LogP contribution is -2.49. The van der Waals surface area contributed by atoms with Crippen LogP contribution in [0, 0.1) is 0 Å². The molecule has 2 heterocycles. The molecular formula is C11H18N4O2. The first kappa shape index (κ1) is 12.1. The number of aromatic amines is 1. The van der Waals surface area contributed by atoms with Gasteiger partial charge in [-0.15, -0.1) is 0 Å². The highest BCUT2D eigenvalue weighted by molar-refractivity contribution is 5.82. The van der Waals surface area contributed by atoms with E-state index in [1.54, 1.807) is 25.2 Å². The third kappa shape index (κ3) is 2.65. The molecule has 2 rings (SSSR count). The molecule has 0 aromatic carbocycles. The van der Waals surface area contributed by atoms with Crippen molar-refractivity contribution in [3.63, 3.8) is 0 Å². The molecule has 17 heavy (non-hydrogen) atoms. The zero-order valence-corrected chi connectivity index (χ0v) is 10.1. The van der Waals surface area contributed by atoms with Gasteiger partial charge in [0, 0.05) is 26.6 Å². The van der Waals surface area contributed by atoms with Crippen molar-refractivity contribution in [3.8, 4) is 0 Å². The molecule has 0 saturated heterocycles. The highest BCUT2D eigenvalue weighted by Gasteiger charge is 2.28. The van der Waals surface area contributed by atoms with Crippen LogP contribution in [-0.2, 0) is 17.8 Å². The Morgan fingerprint density at radius 3 is 3.24 bits per heavy atom. The second-order valence-electron chi connectivity index (χ2n) is 4.53. The lowest BCUT2D eigenvalue weighted by Gasteiger charge is -2.27. The Morgan fingerprint density at radius 1 is 1.76 bits per heavy atom. The summed E-state index contributed by atoms with van der Waals surface area (Å²) < 4.78 is 0. The van der Waals surface area contributed by atoms with Gasteiger partial charge in [0.25, 0.3) is 0 Å². The third-order valence-electron chi connectivity index (χ3n) is 2.94. The van der Waals surface area contributed by atoms with Gasteiger partial charge in [-0.3, -0.25) is 10.1 Å². The zero-order valence-electron chi connectivity index (χ0n) is 10.1. The van der Waals surface area contributed by atoms with Crippen LogP contribution in [-0.4, -0.2) is 51.6 Å². The predicted molar refractivity (Wildman–Crippen MR) is 62.2 cm³/mol. The molecule has 1 aromatic rings. The number of H-pyrrole nitrogens is 1. The van der Waals surface area contributed by atoms with Gasteiger partial charge < -0.3 is 15.0 Å². The number of aromatic nitrogens is 2. The normalized spacial score (nSPS) is 20.8. The minimum absolute atomic E-state index is 0.000417. The van der Waals surface area contributed by atoms with E-state index in [9.17, 15) is 9.90 Å². The van der Waals surface area contributed by atoms with Crippen LogP contribution in [0.5, 0.6) is 0 Å². The van der Waals surface area contributed by atoms with Gasteiger partial charge >= 0.3 is 0 Å². The van der Waals surface area contributed by atoms with Gasteiger partial charge in [-0.25, -0.2) is 4.98 Å². The SMILES string of the molecule is CC(O)CN(C)C(=O)C1Cc2nc[nH]c2CN1. The Bertz CT molecular complexity index is 402.